The number of aromatic hydroxyl groups is 1. The number of amides is 1. The first-order valence-corrected chi connectivity index (χ1v) is 12.9. The second-order valence-electron chi connectivity index (χ2n) is 9.91. The molecule has 0 radical (unpaired) electrons. The van der Waals surface area contributed by atoms with Crippen molar-refractivity contribution in [3.8, 4) is 5.75 Å². The molecule has 40 heavy (non-hydrogen) atoms. The van der Waals surface area contributed by atoms with Gasteiger partial charge in [-0.05, 0) is 72.3 Å². The van der Waals surface area contributed by atoms with E-state index in [4.69, 9.17) is 5.73 Å². The Balaban J connectivity index is 0. The molecule has 0 aliphatic heterocycles. The molecule has 9 N–H and O–H groups in total. The topological polar surface area (TPSA) is 218 Å². The number of allylic oxidation sites excluding steroid dienone is 8. The Hall–Kier alpha value is -3.70. The van der Waals surface area contributed by atoms with Gasteiger partial charge >= 0.3 is 0 Å². The van der Waals surface area contributed by atoms with Crippen LogP contribution in [0.4, 0.5) is 0 Å². The van der Waals surface area contributed by atoms with Gasteiger partial charge in [-0.1, -0.05) is 42.5 Å². The molecule has 3 rings (SSSR count). The maximum absolute atomic E-state index is 13.2. The van der Waals surface area contributed by atoms with Gasteiger partial charge in [0.2, 0.25) is 5.91 Å². The lowest BCUT2D eigenvalue weighted by Crippen LogP contribution is -2.33. The summed E-state index contributed by atoms with van der Waals surface area (Å²) in [6.07, 6.45) is 13.8. The number of carbonyl (C=O) groups is 4. The number of hydrogen-bond acceptors (Lipinski definition) is 7. The van der Waals surface area contributed by atoms with Crippen LogP contribution in [-0.2, 0) is 20.8 Å². The smallest absolute Gasteiger partial charge is 0.224 e. The molecule has 0 aromatic heterocycles. The number of carbonyl (C=O) groups excluding carboxylic acids is 4. The zero-order valence-electron chi connectivity index (χ0n) is 22.3. The van der Waals surface area contributed by atoms with E-state index in [-0.39, 0.29) is 56.3 Å². The summed E-state index contributed by atoms with van der Waals surface area (Å²) in [5.74, 6) is -3.10. The van der Waals surface area contributed by atoms with Crippen molar-refractivity contribution >= 4 is 29.3 Å². The van der Waals surface area contributed by atoms with Gasteiger partial charge in [-0.3, -0.25) is 19.2 Å². The molecule has 1 amide bonds. The summed E-state index contributed by atoms with van der Waals surface area (Å²) in [5, 5.41) is 30.1. The second-order valence-corrected chi connectivity index (χ2v) is 9.91. The van der Waals surface area contributed by atoms with Crippen molar-refractivity contribution in [2.24, 2.45) is 23.5 Å². The normalized spacial score (nSPS) is 22.4. The number of benzene rings is 1. The van der Waals surface area contributed by atoms with Crippen molar-refractivity contribution in [2.45, 2.75) is 44.9 Å². The molecule has 0 bridgehead atoms. The Morgan fingerprint density at radius 1 is 1.07 bits per heavy atom. The molecule has 3 unspecified atom stereocenters. The predicted molar refractivity (Wildman–Crippen MR) is 155 cm³/mol. The molecule has 1 aromatic rings. The van der Waals surface area contributed by atoms with Crippen LogP contribution in [0, 0.1) is 17.8 Å². The number of Topliss-reactive ketones (excluding diaryl/α,β-unsaturated/α-hetero) is 2. The van der Waals surface area contributed by atoms with Crippen LogP contribution in [0.5, 0.6) is 5.75 Å². The van der Waals surface area contributed by atoms with Crippen LogP contribution in [0.15, 0.2) is 54.2 Å². The average Bonchev–Trinajstić information content (AvgIpc) is 2.87. The molecule has 3 atom stereocenters. The van der Waals surface area contributed by atoms with E-state index >= 15 is 0 Å². The van der Waals surface area contributed by atoms with Gasteiger partial charge in [0, 0.05) is 21.8 Å². The Morgan fingerprint density at radius 3 is 2.40 bits per heavy atom. The van der Waals surface area contributed by atoms with E-state index in [9.17, 15) is 34.5 Å². The van der Waals surface area contributed by atoms with Crippen molar-refractivity contribution in [1.29, 1.82) is 0 Å². The van der Waals surface area contributed by atoms with Gasteiger partial charge in [0.25, 0.3) is 0 Å². The highest BCUT2D eigenvalue weighted by Gasteiger charge is 2.35. The van der Waals surface area contributed by atoms with Gasteiger partial charge < -0.3 is 32.0 Å². The van der Waals surface area contributed by atoms with Crippen LogP contribution in [-0.4, -0.2) is 63.2 Å². The van der Waals surface area contributed by atoms with Crippen LogP contribution in [0.3, 0.4) is 0 Å². The first kappa shape index (κ1) is 34.3. The van der Waals surface area contributed by atoms with E-state index in [0.29, 0.717) is 36.8 Å². The minimum atomic E-state index is -0.874. The molecule has 0 spiro atoms. The first-order valence-electron chi connectivity index (χ1n) is 12.9. The Morgan fingerprint density at radius 2 is 1.77 bits per heavy atom. The van der Waals surface area contributed by atoms with E-state index < -0.39 is 36.6 Å². The fourth-order valence-corrected chi connectivity index (χ4v) is 5.43. The molecule has 0 saturated heterocycles. The monoisotopic (exact) mass is 561 g/mol. The maximum Gasteiger partial charge on any atom is 0.224 e. The van der Waals surface area contributed by atoms with E-state index in [1.54, 1.807) is 12.1 Å². The number of primary amides is 1. The number of nitrogens with two attached hydrogens (primary N) is 1. The summed E-state index contributed by atoms with van der Waals surface area (Å²) in [4.78, 5) is 48.6. The fraction of sp³-hybridized carbons (Fsp3) is 0.400. The van der Waals surface area contributed by atoms with E-state index in [2.05, 4.69) is 0 Å². The lowest BCUT2D eigenvalue weighted by molar-refractivity contribution is -0.131. The van der Waals surface area contributed by atoms with Gasteiger partial charge in [0.05, 0.1) is 18.6 Å². The van der Waals surface area contributed by atoms with Crippen molar-refractivity contribution in [1.82, 2.24) is 0 Å². The first-order chi connectivity index (χ1) is 18.3. The quantitative estimate of drug-likeness (QED) is 0.232. The molecular formula is C30H43NO9. The third kappa shape index (κ3) is 8.65. The SMILES string of the molecule is NC(=O)CC(=O)C(CO)C(CCO)CC1CC(=O)c2c(O)ccc(/C3=C/C=C(/C=O)C/C=C\C=C/C3)c2C1.O.O.[HH].[HH]. The molecular weight excluding hydrogens is 518 g/mol. The number of aliphatic hydroxyl groups is 2. The Bertz CT molecular complexity index is 1210. The number of hydrogen-bond donors (Lipinski definition) is 4. The molecule has 0 saturated carbocycles. The Kier molecular flexibility index (Phi) is 14.1. The van der Waals surface area contributed by atoms with Crippen LogP contribution in [0.25, 0.3) is 5.57 Å². The third-order valence-corrected chi connectivity index (χ3v) is 7.27. The van der Waals surface area contributed by atoms with Crippen LogP contribution >= 0.6 is 0 Å². The zero-order chi connectivity index (χ0) is 27.7. The average molecular weight is 562 g/mol. The highest BCUT2D eigenvalue weighted by molar-refractivity contribution is 6.02. The minimum absolute atomic E-state index is 0. The van der Waals surface area contributed by atoms with Gasteiger partial charge in [-0.15, -0.1) is 0 Å². The van der Waals surface area contributed by atoms with Crippen molar-refractivity contribution in [2.75, 3.05) is 13.2 Å². The summed E-state index contributed by atoms with van der Waals surface area (Å²) >= 11 is 0. The molecule has 10 nitrogen and oxygen atoms in total. The summed E-state index contributed by atoms with van der Waals surface area (Å²) in [6, 6.07) is 3.29. The number of rotatable bonds is 11. The minimum Gasteiger partial charge on any atom is -0.507 e. The molecule has 2 aliphatic rings. The van der Waals surface area contributed by atoms with Gasteiger partial charge in [0.1, 0.15) is 17.8 Å². The number of ketones is 2. The van der Waals surface area contributed by atoms with Gasteiger partial charge in [0.15, 0.2) is 5.78 Å². The summed E-state index contributed by atoms with van der Waals surface area (Å²) in [7, 11) is 0. The lowest BCUT2D eigenvalue weighted by Gasteiger charge is -2.32. The van der Waals surface area contributed by atoms with E-state index in [1.165, 1.54) is 6.07 Å². The van der Waals surface area contributed by atoms with Crippen LogP contribution < -0.4 is 5.73 Å². The zero-order valence-corrected chi connectivity index (χ0v) is 22.3. The predicted octanol–water partition coefficient (Wildman–Crippen LogP) is 1.84. The van der Waals surface area contributed by atoms with Crippen molar-refractivity contribution in [3.63, 3.8) is 0 Å². The number of aldehydes is 1. The summed E-state index contributed by atoms with van der Waals surface area (Å²) in [6.45, 7) is -0.702. The fourth-order valence-electron chi connectivity index (χ4n) is 5.43. The molecule has 222 valence electrons. The standard InChI is InChI=1S/C30H35NO7.2H2O.2H2/c31-29(38)16-27(36)25(18-34)22(11-12-32)13-20-14-24-23(9-10-26(35)30(24)28(37)15-20)21-6-4-2-1-3-5-19(17-33)7-8-21;;;;/h1-4,7-10,17,20,22,25,32,34-35H,5-6,11-16,18H2,(H2,31,38);2*1H2;2*1H/b3-1-,4-2-,19-7+,21-8+;;;;. The second kappa shape index (κ2) is 16.4. The van der Waals surface area contributed by atoms with Gasteiger partial charge in [-0.25, -0.2) is 0 Å². The van der Waals surface area contributed by atoms with E-state index in [0.717, 1.165) is 17.4 Å². The third-order valence-electron chi connectivity index (χ3n) is 7.27. The maximum atomic E-state index is 13.2. The van der Waals surface area contributed by atoms with Gasteiger partial charge in [-0.2, -0.15) is 0 Å². The van der Waals surface area contributed by atoms with Crippen LogP contribution in [0.2, 0.25) is 0 Å². The van der Waals surface area contributed by atoms with Crippen LogP contribution in [0.1, 0.15) is 62.9 Å². The molecule has 0 fully saturated rings. The highest BCUT2D eigenvalue weighted by Crippen LogP contribution is 2.40. The van der Waals surface area contributed by atoms with Crippen molar-refractivity contribution < 1.29 is 48.3 Å². The number of aliphatic hydroxyl groups excluding tert-OH is 2. The highest BCUT2D eigenvalue weighted by atomic mass is 16.3. The molecule has 10 heteroatoms. The summed E-state index contributed by atoms with van der Waals surface area (Å²) < 4.78 is 0. The number of phenolic OH excluding ortho intramolecular Hbond substituents is 1. The van der Waals surface area contributed by atoms with Crippen molar-refractivity contribution in [3.05, 3.63) is 70.9 Å². The molecule has 0 heterocycles. The lowest BCUT2D eigenvalue weighted by atomic mass is 9.72. The molecule has 1 aromatic carbocycles. The Labute approximate surface area is 236 Å². The summed E-state index contributed by atoms with van der Waals surface area (Å²) in [5.41, 5.74) is 8.45. The number of fused-ring (bicyclic) bond motifs is 1. The largest absolute Gasteiger partial charge is 0.507 e. The van der Waals surface area contributed by atoms with E-state index in [1.807, 2.05) is 30.4 Å². The molecule has 2 aliphatic carbocycles. The number of phenols is 1.